The van der Waals surface area contributed by atoms with Crippen LogP contribution in [-0.4, -0.2) is 14.8 Å². The summed E-state index contributed by atoms with van der Waals surface area (Å²) < 4.78 is 2.26. The van der Waals surface area contributed by atoms with Gasteiger partial charge in [-0.3, -0.25) is 4.57 Å². The van der Waals surface area contributed by atoms with Crippen LogP contribution in [0.1, 0.15) is 11.1 Å². The first kappa shape index (κ1) is 11.9. The summed E-state index contributed by atoms with van der Waals surface area (Å²) in [5, 5.41) is 9.02. The lowest BCUT2D eigenvalue weighted by Crippen LogP contribution is -2.02. The first-order valence-corrected chi connectivity index (χ1v) is 6.42. The third-order valence-corrected chi connectivity index (χ3v) is 3.58. The number of nitrogen functional groups attached to an aromatic ring is 1. The minimum Gasteiger partial charge on any atom is -0.368 e. The quantitative estimate of drug-likeness (QED) is 0.667. The van der Waals surface area contributed by atoms with Crippen molar-refractivity contribution in [1.82, 2.24) is 14.8 Å². The highest BCUT2D eigenvalue weighted by molar-refractivity contribution is 7.71. The van der Waals surface area contributed by atoms with Crippen LogP contribution in [-0.2, 0) is 0 Å². The molecular formula is C14H14N4S. The van der Waals surface area contributed by atoms with Gasteiger partial charge in [0.1, 0.15) is 0 Å². The van der Waals surface area contributed by atoms with E-state index >= 15 is 0 Å². The van der Waals surface area contributed by atoms with Gasteiger partial charge >= 0.3 is 0 Å². The van der Waals surface area contributed by atoms with Gasteiger partial charge in [0.2, 0.25) is 10.7 Å². The lowest BCUT2D eigenvalue weighted by molar-refractivity contribution is 1.05. The van der Waals surface area contributed by atoms with Crippen LogP contribution in [0.5, 0.6) is 0 Å². The molecule has 0 radical (unpaired) electrons. The number of aryl methyl sites for hydroxylation is 2. The molecule has 0 fully saturated rings. The molecule has 0 aliphatic heterocycles. The Labute approximate surface area is 115 Å². The van der Waals surface area contributed by atoms with E-state index in [-0.39, 0.29) is 0 Å². The van der Waals surface area contributed by atoms with Crippen LogP contribution in [0.2, 0.25) is 0 Å². The summed E-state index contributed by atoms with van der Waals surface area (Å²) in [5.74, 6) is 0.372. The van der Waals surface area contributed by atoms with Crippen molar-refractivity contribution in [3.63, 3.8) is 0 Å². The number of benzene rings is 2. The predicted octanol–water partition coefficient (Wildman–Crippen LogP) is 3.28. The molecule has 0 saturated heterocycles. The highest BCUT2D eigenvalue weighted by Gasteiger charge is 2.10. The molecule has 0 spiro atoms. The van der Waals surface area contributed by atoms with Crippen LogP contribution >= 0.6 is 12.2 Å². The zero-order valence-corrected chi connectivity index (χ0v) is 11.6. The summed E-state index contributed by atoms with van der Waals surface area (Å²) in [6, 6.07) is 10.5. The van der Waals surface area contributed by atoms with E-state index in [4.69, 9.17) is 18.0 Å². The number of nitrogens with one attached hydrogen (secondary N) is 1. The van der Waals surface area contributed by atoms with Gasteiger partial charge in [-0.2, -0.15) is 0 Å². The number of nitrogens with zero attached hydrogens (tertiary/aromatic N) is 2. The molecule has 0 saturated carbocycles. The number of aromatic nitrogens is 3. The van der Waals surface area contributed by atoms with Crippen LogP contribution in [0.3, 0.4) is 0 Å². The normalized spacial score (nSPS) is 11.1. The van der Waals surface area contributed by atoms with E-state index in [1.807, 2.05) is 6.07 Å². The van der Waals surface area contributed by atoms with Gasteiger partial charge in [-0.15, -0.1) is 5.10 Å². The molecule has 0 bridgehead atoms. The summed E-state index contributed by atoms with van der Waals surface area (Å²) >= 11 is 5.25. The van der Waals surface area contributed by atoms with Gasteiger partial charge in [-0.05, 0) is 49.1 Å². The van der Waals surface area contributed by atoms with Gasteiger partial charge in [0.25, 0.3) is 0 Å². The van der Waals surface area contributed by atoms with Gasteiger partial charge in [0.05, 0.1) is 5.69 Å². The Morgan fingerprint density at radius 1 is 1.16 bits per heavy atom. The van der Waals surface area contributed by atoms with Crippen molar-refractivity contribution in [2.45, 2.75) is 13.8 Å². The SMILES string of the molecule is Cc1ccc2c(C)ccc(-n3c(N)n[nH]c3=S)c2c1. The maximum atomic E-state index is 5.89. The van der Waals surface area contributed by atoms with Crippen molar-refractivity contribution in [2.75, 3.05) is 5.73 Å². The highest BCUT2D eigenvalue weighted by Crippen LogP contribution is 2.27. The van der Waals surface area contributed by atoms with E-state index in [0.29, 0.717) is 10.7 Å². The van der Waals surface area contributed by atoms with Crippen LogP contribution < -0.4 is 5.73 Å². The molecule has 0 atom stereocenters. The number of anilines is 1. The Balaban J connectivity index is 2.46. The summed E-state index contributed by atoms with van der Waals surface area (Å²) in [4.78, 5) is 0. The van der Waals surface area contributed by atoms with Crippen LogP contribution in [0.4, 0.5) is 5.95 Å². The largest absolute Gasteiger partial charge is 0.368 e. The Bertz CT molecular complexity index is 829. The molecule has 3 rings (SSSR count). The van der Waals surface area contributed by atoms with E-state index in [1.54, 1.807) is 4.57 Å². The van der Waals surface area contributed by atoms with Crippen LogP contribution in [0, 0.1) is 18.6 Å². The fraction of sp³-hybridized carbons (Fsp3) is 0.143. The lowest BCUT2D eigenvalue weighted by atomic mass is 10.0. The Hall–Kier alpha value is -2.14. The molecule has 19 heavy (non-hydrogen) atoms. The Kier molecular flexibility index (Phi) is 2.64. The predicted molar refractivity (Wildman–Crippen MR) is 80.1 cm³/mol. The second-order valence-electron chi connectivity index (χ2n) is 4.67. The fourth-order valence-electron chi connectivity index (χ4n) is 2.33. The maximum absolute atomic E-state index is 5.89. The molecule has 1 heterocycles. The molecule has 96 valence electrons. The van der Waals surface area contributed by atoms with E-state index in [0.717, 1.165) is 11.1 Å². The number of hydrogen-bond acceptors (Lipinski definition) is 3. The third kappa shape index (κ3) is 1.82. The van der Waals surface area contributed by atoms with Crippen molar-refractivity contribution >= 4 is 28.9 Å². The zero-order valence-electron chi connectivity index (χ0n) is 10.8. The lowest BCUT2D eigenvalue weighted by Gasteiger charge is -2.11. The standard InChI is InChI=1S/C14H14N4S/c1-8-3-5-10-9(2)4-6-12(11(10)7-8)18-13(15)16-17-14(18)19/h3-7H,1-2H3,(H2,15,16)(H,17,19). The third-order valence-electron chi connectivity index (χ3n) is 3.31. The number of nitrogens with two attached hydrogens (primary N) is 1. The summed E-state index contributed by atoms with van der Waals surface area (Å²) in [5.41, 5.74) is 9.28. The van der Waals surface area contributed by atoms with Crippen LogP contribution in [0.15, 0.2) is 30.3 Å². The van der Waals surface area contributed by atoms with E-state index in [2.05, 4.69) is 48.3 Å². The van der Waals surface area contributed by atoms with Gasteiger partial charge in [0, 0.05) is 5.39 Å². The summed E-state index contributed by atoms with van der Waals surface area (Å²) in [6.45, 7) is 4.17. The van der Waals surface area contributed by atoms with Gasteiger partial charge < -0.3 is 5.73 Å². The minimum atomic E-state index is 0.372. The average Bonchev–Trinajstić information content (AvgIpc) is 2.70. The molecule has 1 aromatic heterocycles. The van der Waals surface area contributed by atoms with Gasteiger partial charge in [-0.1, -0.05) is 23.8 Å². The molecule has 5 heteroatoms. The zero-order chi connectivity index (χ0) is 13.6. The molecule has 4 nitrogen and oxygen atoms in total. The molecule has 0 aliphatic rings. The maximum Gasteiger partial charge on any atom is 0.225 e. The number of aromatic amines is 1. The van der Waals surface area contributed by atoms with Crippen molar-refractivity contribution in [3.8, 4) is 5.69 Å². The second-order valence-corrected chi connectivity index (χ2v) is 5.06. The Morgan fingerprint density at radius 3 is 2.63 bits per heavy atom. The molecule has 0 amide bonds. The van der Waals surface area contributed by atoms with Crippen molar-refractivity contribution in [3.05, 3.63) is 46.2 Å². The monoisotopic (exact) mass is 270 g/mol. The highest BCUT2D eigenvalue weighted by atomic mass is 32.1. The Morgan fingerprint density at radius 2 is 1.95 bits per heavy atom. The summed E-state index contributed by atoms with van der Waals surface area (Å²) in [7, 11) is 0. The van der Waals surface area contributed by atoms with E-state index < -0.39 is 0 Å². The van der Waals surface area contributed by atoms with Gasteiger partial charge in [0.15, 0.2) is 0 Å². The molecule has 3 N–H and O–H groups in total. The minimum absolute atomic E-state index is 0.372. The second kappa shape index (κ2) is 4.20. The first-order valence-electron chi connectivity index (χ1n) is 6.01. The smallest absolute Gasteiger partial charge is 0.225 e. The topological polar surface area (TPSA) is 59.6 Å². The fourth-order valence-corrected chi connectivity index (χ4v) is 2.57. The number of hydrogen-bond donors (Lipinski definition) is 2. The number of H-pyrrole nitrogens is 1. The molecule has 0 aliphatic carbocycles. The molecule has 2 aromatic carbocycles. The number of fused-ring (bicyclic) bond motifs is 1. The van der Waals surface area contributed by atoms with E-state index in [9.17, 15) is 0 Å². The average molecular weight is 270 g/mol. The van der Waals surface area contributed by atoms with Crippen LogP contribution in [0.25, 0.3) is 16.5 Å². The van der Waals surface area contributed by atoms with Crippen molar-refractivity contribution in [2.24, 2.45) is 0 Å². The van der Waals surface area contributed by atoms with Crippen molar-refractivity contribution < 1.29 is 0 Å². The number of rotatable bonds is 1. The summed E-state index contributed by atoms with van der Waals surface area (Å²) in [6.07, 6.45) is 0. The van der Waals surface area contributed by atoms with Crippen molar-refractivity contribution in [1.29, 1.82) is 0 Å². The van der Waals surface area contributed by atoms with E-state index in [1.165, 1.54) is 16.5 Å². The van der Waals surface area contributed by atoms with Gasteiger partial charge in [-0.25, -0.2) is 5.10 Å². The molecular weight excluding hydrogens is 256 g/mol. The molecule has 3 aromatic rings. The molecule has 0 unspecified atom stereocenters. The first-order chi connectivity index (χ1) is 9.08.